The highest BCUT2D eigenvalue weighted by molar-refractivity contribution is 9.08. The van der Waals surface area contributed by atoms with Crippen molar-refractivity contribution in [1.29, 1.82) is 0 Å². The molecule has 0 fully saturated rings. The lowest BCUT2D eigenvalue weighted by Crippen LogP contribution is -2.06. The van der Waals surface area contributed by atoms with E-state index in [2.05, 4.69) is 20.9 Å². The maximum Gasteiger partial charge on any atom is 0.354 e. The predicted molar refractivity (Wildman–Crippen MR) is 53.8 cm³/mol. The molecule has 1 rings (SSSR count). The standard InChI is InChI=1S/C8H5BrClF2NO2/c9-2-5-6(7(11)12)3(10)1-4(13-5)8(14)15/h1,7H,2H2,(H,14,15). The van der Waals surface area contributed by atoms with Gasteiger partial charge in [-0.2, -0.15) is 0 Å². The van der Waals surface area contributed by atoms with Gasteiger partial charge in [0.05, 0.1) is 16.3 Å². The number of carbonyl (C=O) groups is 1. The molecule has 0 atom stereocenters. The van der Waals surface area contributed by atoms with Crippen LogP contribution in [0.2, 0.25) is 5.02 Å². The van der Waals surface area contributed by atoms with Crippen molar-refractivity contribution in [3.8, 4) is 0 Å². The summed E-state index contributed by atoms with van der Waals surface area (Å²) in [5, 5.41) is 8.37. The molecule has 1 heterocycles. The number of hydrogen-bond donors (Lipinski definition) is 1. The van der Waals surface area contributed by atoms with Crippen LogP contribution in [-0.2, 0) is 5.33 Å². The van der Waals surface area contributed by atoms with Crippen molar-refractivity contribution in [1.82, 2.24) is 4.98 Å². The molecular weight excluding hydrogens is 295 g/mol. The number of hydrogen-bond acceptors (Lipinski definition) is 2. The highest BCUT2D eigenvalue weighted by atomic mass is 79.9. The van der Waals surface area contributed by atoms with Crippen LogP contribution in [0.25, 0.3) is 0 Å². The molecule has 0 aliphatic rings. The lowest BCUT2D eigenvalue weighted by atomic mass is 10.2. The molecule has 0 aliphatic carbocycles. The fraction of sp³-hybridized carbons (Fsp3) is 0.250. The first-order valence-electron chi connectivity index (χ1n) is 3.74. The van der Waals surface area contributed by atoms with Gasteiger partial charge in [-0.1, -0.05) is 27.5 Å². The van der Waals surface area contributed by atoms with E-state index in [-0.39, 0.29) is 21.7 Å². The zero-order valence-electron chi connectivity index (χ0n) is 7.18. The Morgan fingerprint density at radius 3 is 2.67 bits per heavy atom. The van der Waals surface area contributed by atoms with Crippen molar-refractivity contribution in [2.45, 2.75) is 11.8 Å². The lowest BCUT2D eigenvalue weighted by Gasteiger charge is -2.08. The van der Waals surface area contributed by atoms with Gasteiger partial charge in [0.2, 0.25) is 0 Å². The highest BCUT2D eigenvalue weighted by Crippen LogP contribution is 2.31. The van der Waals surface area contributed by atoms with Crippen LogP contribution in [0.15, 0.2) is 6.07 Å². The zero-order chi connectivity index (χ0) is 11.6. The Bertz CT molecular complexity index is 400. The first kappa shape index (κ1) is 12.3. The fourth-order valence-electron chi connectivity index (χ4n) is 1.02. The molecule has 1 aromatic rings. The molecule has 1 aromatic heterocycles. The summed E-state index contributed by atoms with van der Waals surface area (Å²) in [6.45, 7) is 0. The maximum absolute atomic E-state index is 12.5. The van der Waals surface area contributed by atoms with Crippen LogP contribution < -0.4 is 0 Å². The predicted octanol–water partition coefficient (Wildman–Crippen LogP) is 3.27. The van der Waals surface area contributed by atoms with Crippen molar-refractivity contribution in [2.24, 2.45) is 0 Å². The number of alkyl halides is 3. The van der Waals surface area contributed by atoms with Gasteiger partial charge in [-0.3, -0.25) is 0 Å². The molecular formula is C8H5BrClF2NO2. The normalized spacial score (nSPS) is 10.7. The minimum absolute atomic E-state index is 0.0213. The average Bonchev–Trinajstić information content (AvgIpc) is 2.15. The van der Waals surface area contributed by atoms with Crippen molar-refractivity contribution in [3.05, 3.63) is 28.0 Å². The lowest BCUT2D eigenvalue weighted by molar-refractivity contribution is 0.0689. The second-order valence-electron chi connectivity index (χ2n) is 2.59. The average molecular weight is 300 g/mol. The van der Waals surface area contributed by atoms with E-state index < -0.39 is 18.0 Å². The summed E-state index contributed by atoms with van der Waals surface area (Å²) in [5.74, 6) is -1.31. The molecule has 0 bridgehead atoms. The number of aromatic carboxylic acids is 1. The molecule has 82 valence electrons. The Balaban J connectivity index is 3.37. The molecule has 0 saturated carbocycles. The third-order valence-electron chi connectivity index (χ3n) is 1.65. The van der Waals surface area contributed by atoms with Crippen molar-refractivity contribution < 1.29 is 18.7 Å². The first-order valence-corrected chi connectivity index (χ1v) is 5.24. The third-order valence-corrected chi connectivity index (χ3v) is 2.49. The van der Waals surface area contributed by atoms with Gasteiger partial charge in [0.25, 0.3) is 6.43 Å². The van der Waals surface area contributed by atoms with Crippen LogP contribution in [0.3, 0.4) is 0 Å². The Morgan fingerprint density at radius 2 is 2.27 bits per heavy atom. The summed E-state index contributed by atoms with van der Waals surface area (Å²) in [6, 6.07) is 0.914. The van der Waals surface area contributed by atoms with E-state index in [9.17, 15) is 13.6 Å². The SMILES string of the molecule is O=C(O)c1cc(Cl)c(C(F)F)c(CBr)n1. The van der Waals surface area contributed by atoms with Gasteiger partial charge in [-0.25, -0.2) is 18.6 Å². The van der Waals surface area contributed by atoms with Gasteiger partial charge in [0, 0.05) is 5.33 Å². The fourth-order valence-corrected chi connectivity index (χ4v) is 1.74. The van der Waals surface area contributed by atoms with E-state index >= 15 is 0 Å². The smallest absolute Gasteiger partial charge is 0.354 e. The maximum atomic E-state index is 12.5. The molecule has 0 unspecified atom stereocenters. The monoisotopic (exact) mass is 299 g/mol. The molecule has 7 heteroatoms. The van der Waals surface area contributed by atoms with Crippen LogP contribution in [-0.4, -0.2) is 16.1 Å². The number of pyridine rings is 1. The molecule has 0 amide bonds. The van der Waals surface area contributed by atoms with E-state index in [1.54, 1.807) is 0 Å². The molecule has 1 N–H and O–H groups in total. The second kappa shape index (κ2) is 4.85. The molecule has 0 spiro atoms. The summed E-state index contributed by atoms with van der Waals surface area (Å²) in [7, 11) is 0. The summed E-state index contributed by atoms with van der Waals surface area (Å²) in [4.78, 5) is 14.1. The van der Waals surface area contributed by atoms with Gasteiger partial charge >= 0.3 is 5.97 Å². The minimum Gasteiger partial charge on any atom is -0.477 e. The number of nitrogens with zero attached hydrogens (tertiary/aromatic N) is 1. The number of carboxylic acid groups (broad SMARTS) is 1. The minimum atomic E-state index is -2.78. The molecule has 3 nitrogen and oxygen atoms in total. The van der Waals surface area contributed by atoms with E-state index in [1.165, 1.54) is 0 Å². The van der Waals surface area contributed by atoms with Crippen molar-refractivity contribution in [2.75, 3.05) is 0 Å². The van der Waals surface area contributed by atoms with Crippen molar-refractivity contribution in [3.63, 3.8) is 0 Å². The number of carboxylic acids is 1. The topological polar surface area (TPSA) is 50.2 Å². The highest BCUT2D eigenvalue weighted by Gasteiger charge is 2.20. The van der Waals surface area contributed by atoms with Crippen LogP contribution in [0.5, 0.6) is 0 Å². The van der Waals surface area contributed by atoms with Crippen LogP contribution in [0.4, 0.5) is 8.78 Å². The van der Waals surface area contributed by atoms with Crippen molar-refractivity contribution >= 4 is 33.5 Å². The Labute approximate surface area is 97.2 Å². The molecule has 0 saturated heterocycles. The van der Waals surface area contributed by atoms with E-state index in [0.717, 1.165) is 6.07 Å². The third kappa shape index (κ3) is 2.63. The Morgan fingerprint density at radius 1 is 1.67 bits per heavy atom. The number of rotatable bonds is 3. The number of halogens is 4. The number of aromatic nitrogens is 1. The summed E-state index contributed by atoms with van der Waals surface area (Å²) >= 11 is 8.49. The van der Waals surface area contributed by atoms with Gasteiger partial charge in [0.1, 0.15) is 5.69 Å². The van der Waals surface area contributed by atoms with E-state index in [1.807, 2.05) is 0 Å². The summed E-state index contributed by atoms with van der Waals surface area (Å²) < 4.78 is 25.0. The summed E-state index contributed by atoms with van der Waals surface area (Å²) in [5.41, 5.74) is -0.840. The van der Waals surface area contributed by atoms with Gasteiger partial charge in [0.15, 0.2) is 0 Å². The summed E-state index contributed by atoms with van der Waals surface area (Å²) in [6.07, 6.45) is -2.78. The first-order chi connectivity index (χ1) is 6.97. The second-order valence-corrected chi connectivity index (χ2v) is 3.56. The Hall–Kier alpha value is -0.750. The van der Waals surface area contributed by atoms with E-state index in [4.69, 9.17) is 16.7 Å². The van der Waals surface area contributed by atoms with E-state index in [0.29, 0.717) is 0 Å². The molecule has 0 aromatic carbocycles. The van der Waals surface area contributed by atoms with Gasteiger partial charge in [-0.15, -0.1) is 0 Å². The van der Waals surface area contributed by atoms with Crippen LogP contribution >= 0.6 is 27.5 Å². The molecule has 15 heavy (non-hydrogen) atoms. The largest absolute Gasteiger partial charge is 0.477 e. The van der Waals surface area contributed by atoms with Gasteiger partial charge < -0.3 is 5.11 Å². The Kier molecular flexibility index (Phi) is 3.98. The van der Waals surface area contributed by atoms with Crippen LogP contribution in [0.1, 0.15) is 28.2 Å². The van der Waals surface area contributed by atoms with Crippen LogP contribution in [0, 0.1) is 0 Å². The van der Waals surface area contributed by atoms with Gasteiger partial charge in [-0.05, 0) is 6.07 Å². The zero-order valence-corrected chi connectivity index (χ0v) is 9.52. The molecule has 0 aliphatic heterocycles. The molecule has 0 radical (unpaired) electrons. The quantitative estimate of drug-likeness (QED) is 0.872.